The smallest absolute Gasteiger partial charge is 0.148 e. The zero-order chi connectivity index (χ0) is 49.2. The molecule has 8 rings (SSSR count). The quantitative estimate of drug-likeness (QED) is 0.154. The maximum Gasteiger partial charge on any atom is 0.148 e. The Morgan fingerprint density at radius 1 is 0.591 bits per heavy atom. The number of benzene rings is 6. The molecule has 0 fully saturated rings. The van der Waals surface area contributed by atoms with Gasteiger partial charge < -0.3 is 5.11 Å². The van der Waals surface area contributed by atoms with Crippen molar-refractivity contribution in [2.24, 2.45) is 0 Å². The molecule has 2 heterocycles. The normalized spacial score (nSPS) is 13.2. The van der Waals surface area contributed by atoms with Crippen LogP contribution in [-0.2, 0) is 37.3 Å². The van der Waals surface area contributed by atoms with E-state index in [1.165, 1.54) is 11.1 Å². The molecular weight excluding hydrogens is 986 g/mol. The molecular formula is C61H66N3OPt-. The Morgan fingerprint density at radius 2 is 1.23 bits per heavy atom. The van der Waals surface area contributed by atoms with Crippen molar-refractivity contribution in [1.29, 1.82) is 0 Å². The average molecular weight is 1060 g/mol. The molecule has 66 heavy (non-hydrogen) atoms. The first kappa shape index (κ1) is 44.3. The first-order valence-corrected chi connectivity index (χ1v) is 23.1. The molecule has 5 heteroatoms. The van der Waals surface area contributed by atoms with Gasteiger partial charge in [-0.15, -0.1) is 29.3 Å². The largest absolute Gasteiger partial charge is 0.507 e. The first-order valence-electron chi connectivity index (χ1n) is 24.6. The summed E-state index contributed by atoms with van der Waals surface area (Å²) in [4.78, 5) is 10.5. The molecule has 0 aliphatic rings. The van der Waals surface area contributed by atoms with Crippen molar-refractivity contribution >= 4 is 11.0 Å². The summed E-state index contributed by atoms with van der Waals surface area (Å²) < 4.78 is 25.8. The van der Waals surface area contributed by atoms with Gasteiger partial charge >= 0.3 is 0 Å². The van der Waals surface area contributed by atoms with Gasteiger partial charge in [0, 0.05) is 42.6 Å². The van der Waals surface area contributed by atoms with Gasteiger partial charge in [-0.3, -0.25) is 9.55 Å². The number of phenols is 1. The van der Waals surface area contributed by atoms with Crippen molar-refractivity contribution in [2.75, 3.05) is 0 Å². The summed E-state index contributed by atoms with van der Waals surface area (Å²) in [5.41, 5.74) is 16.4. The molecule has 4 nitrogen and oxygen atoms in total. The van der Waals surface area contributed by atoms with Crippen LogP contribution in [0.4, 0.5) is 0 Å². The number of pyridine rings is 1. The first-order chi connectivity index (χ1) is 31.8. The minimum absolute atomic E-state index is 0. The third-order valence-electron chi connectivity index (χ3n) is 12.8. The summed E-state index contributed by atoms with van der Waals surface area (Å²) in [6, 6.07) is 45.7. The van der Waals surface area contributed by atoms with Crippen molar-refractivity contribution in [3.8, 4) is 67.5 Å². The molecule has 0 spiro atoms. The third kappa shape index (κ3) is 9.63. The van der Waals surface area contributed by atoms with E-state index < -0.39 is 6.85 Å². The van der Waals surface area contributed by atoms with Gasteiger partial charge in [0.1, 0.15) is 11.6 Å². The van der Waals surface area contributed by atoms with Crippen molar-refractivity contribution in [3.63, 3.8) is 0 Å². The summed E-state index contributed by atoms with van der Waals surface area (Å²) in [5.74, 6) is 1.21. The monoisotopic (exact) mass is 1050 g/mol. The van der Waals surface area contributed by atoms with E-state index in [0.717, 1.165) is 78.0 Å². The van der Waals surface area contributed by atoms with E-state index in [1.807, 2.05) is 24.3 Å². The number of imidazole rings is 1. The van der Waals surface area contributed by atoms with E-state index in [4.69, 9.17) is 14.1 Å². The number of aromatic nitrogens is 3. The molecule has 0 saturated heterocycles. The molecule has 8 aromatic rings. The average Bonchev–Trinajstić information content (AvgIpc) is 3.67. The van der Waals surface area contributed by atoms with E-state index in [1.54, 1.807) is 18.3 Å². The standard InChI is InChI=1S/C61H66N3O.Pt/c1-37(2)43-33-50(38(3)4)57(65)52(34-43)58-63-56-49(44-30-45(32-48(31-44)61(12,13)14)53-35-42(28-29-62-53)40-20-18-39(5)19-21-40)16-15-17-55(56)64(58)54-27-26-47(60(9,10)11)36-51(54)41-22-24-46(25-23-41)59(6,7)8;/h15-29,31-38,65H,1-14H3;/q-1;/i5D3;. The molecule has 0 amide bonds. The maximum absolute atomic E-state index is 12.4. The number of hydrogen-bond donors (Lipinski definition) is 1. The van der Waals surface area contributed by atoms with Gasteiger partial charge in [-0.2, -0.15) is 0 Å². The van der Waals surface area contributed by atoms with Crippen LogP contribution >= 0.6 is 0 Å². The predicted octanol–water partition coefficient (Wildman–Crippen LogP) is 16.7. The Bertz CT molecular complexity index is 3160. The summed E-state index contributed by atoms with van der Waals surface area (Å²) in [6.07, 6.45) is 1.80. The van der Waals surface area contributed by atoms with Crippen molar-refractivity contribution < 1.29 is 30.3 Å². The number of nitrogens with zero attached hydrogens (tertiary/aromatic N) is 3. The SMILES string of the molecule is [2H]C([2H])([2H])c1ccc(-c2ccnc(-c3[c-]c(-c4cccc5c4nc(-c4cc(C(C)C)cc(C(C)C)c4O)n5-c4ccc(C(C)(C)C)cc4-c4ccc(C(C)(C)C)cc4)cc(C(C)(C)C)c3)c2)cc1.[Pt]. The van der Waals surface area contributed by atoms with Gasteiger partial charge in [0.05, 0.1) is 22.3 Å². The Kier molecular flexibility index (Phi) is 12.2. The number of phenolic OH excluding ortho intramolecular Hbond substituents is 1. The molecule has 6 aromatic carbocycles. The second-order valence-electron chi connectivity index (χ2n) is 21.5. The molecule has 0 unspecified atom stereocenters. The van der Waals surface area contributed by atoms with E-state index in [0.29, 0.717) is 17.0 Å². The van der Waals surface area contributed by atoms with Crippen LogP contribution in [0, 0.1) is 12.9 Å². The third-order valence-corrected chi connectivity index (χ3v) is 12.8. The Balaban J connectivity index is 0.00000703. The fourth-order valence-electron chi connectivity index (χ4n) is 8.65. The zero-order valence-corrected chi connectivity index (χ0v) is 43.2. The van der Waals surface area contributed by atoms with Gasteiger partial charge in [0.2, 0.25) is 0 Å². The Labute approximate surface area is 413 Å². The molecule has 0 aliphatic heterocycles. The van der Waals surface area contributed by atoms with Crippen LogP contribution in [0.1, 0.15) is 139 Å². The van der Waals surface area contributed by atoms with Crippen LogP contribution in [0.5, 0.6) is 5.75 Å². The molecule has 2 aromatic heterocycles. The van der Waals surface area contributed by atoms with Gasteiger partial charge in [0.25, 0.3) is 0 Å². The van der Waals surface area contributed by atoms with Crippen LogP contribution in [0.3, 0.4) is 0 Å². The second-order valence-corrected chi connectivity index (χ2v) is 21.5. The minimum atomic E-state index is -2.17. The number of rotatable bonds is 8. The van der Waals surface area contributed by atoms with Crippen molar-refractivity contribution in [3.05, 3.63) is 167 Å². The zero-order valence-electron chi connectivity index (χ0n) is 43.9. The molecule has 0 aliphatic carbocycles. The number of hydrogen-bond acceptors (Lipinski definition) is 3. The summed E-state index contributed by atoms with van der Waals surface area (Å²) in [5, 5.41) is 12.4. The van der Waals surface area contributed by atoms with Crippen molar-refractivity contribution in [1.82, 2.24) is 14.5 Å². The van der Waals surface area contributed by atoms with Crippen LogP contribution in [-0.4, -0.2) is 19.6 Å². The number of aryl methyl sites for hydroxylation is 1. The Morgan fingerprint density at radius 3 is 1.85 bits per heavy atom. The summed E-state index contributed by atoms with van der Waals surface area (Å²) >= 11 is 0. The fraction of sp³-hybridized carbons (Fsp3) is 0.311. The molecule has 0 radical (unpaired) electrons. The van der Waals surface area contributed by atoms with E-state index in [-0.39, 0.29) is 54.9 Å². The van der Waals surface area contributed by atoms with E-state index in [2.05, 4.69) is 186 Å². The van der Waals surface area contributed by atoms with Crippen molar-refractivity contribution in [2.45, 2.75) is 125 Å². The van der Waals surface area contributed by atoms with Gasteiger partial charge in [-0.25, -0.2) is 4.98 Å². The van der Waals surface area contributed by atoms with Gasteiger partial charge in [0.15, 0.2) is 0 Å². The van der Waals surface area contributed by atoms with Crippen LogP contribution in [0.15, 0.2) is 128 Å². The molecule has 342 valence electrons. The summed E-state index contributed by atoms with van der Waals surface area (Å²) in [6.45, 7) is 26.6. The maximum atomic E-state index is 12.4. The molecule has 0 bridgehead atoms. The fourth-order valence-corrected chi connectivity index (χ4v) is 8.65. The predicted molar refractivity (Wildman–Crippen MR) is 276 cm³/mol. The number of aromatic hydroxyl groups is 1. The number of fused-ring (bicyclic) bond motifs is 1. The van der Waals surface area contributed by atoms with Crippen LogP contribution in [0.2, 0.25) is 0 Å². The second kappa shape index (κ2) is 18.3. The minimum Gasteiger partial charge on any atom is -0.507 e. The summed E-state index contributed by atoms with van der Waals surface area (Å²) in [7, 11) is 0. The molecule has 1 N–H and O–H groups in total. The van der Waals surface area contributed by atoms with Gasteiger partial charge in [-0.1, -0.05) is 186 Å². The molecule has 0 atom stereocenters. The topological polar surface area (TPSA) is 50.9 Å². The van der Waals surface area contributed by atoms with Crippen LogP contribution in [0.25, 0.3) is 72.7 Å². The Hall–Kier alpha value is -5.57. The number of para-hydroxylation sites is 1. The van der Waals surface area contributed by atoms with E-state index >= 15 is 0 Å². The van der Waals surface area contributed by atoms with E-state index in [9.17, 15) is 5.11 Å². The molecule has 0 saturated carbocycles. The van der Waals surface area contributed by atoms with Gasteiger partial charge in [-0.05, 0) is 104 Å². The van der Waals surface area contributed by atoms with Crippen LogP contribution < -0.4 is 0 Å².